The van der Waals surface area contributed by atoms with Crippen LogP contribution >= 0.6 is 0 Å². The van der Waals surface area contributed by atoms with Crippen LogP contribution in [0.25, 0.3) is 11.0 Å². The Morgan fingerprint density at radius 2 is 1.91 bits per heavy atom. The zero-order valence-corrected chi connectivity index (χ0v) is 20.5. The molecule has 33 heavy (non-hydrogen) atoms. The Balaban J connectivity index is 1.70. The van der Waals surface area contributed by atoms with Gasteiger partial charge in [-0.2, -0.15) is 0 Å². The first kappa shape index (κ1) is 24.2. The molecule has 0 unspecified atom stereocenters. The molecular formula is C25H33N5O3. The van der Waals surface area contributed by atoms with Crippen molar-refractivity contribution >= 4 is 28.5 Å². The Kier molecular flexibility index (Phi) is 7.36. The van der Waals surface area contributed by atoms with Gasteiger partial charge in [-0.15, -0.1) is 5.10 Å². The van der Waals surface area contributed by atoms with Gasteiger partial charge in [-0.3, -0.25) is 9.59 Å². The van der Waals surface area contributed by atoms with Gasteiger partial charge in [0.1, 0.15) is 0 Å². The molecule has 0 aliphatic carbocycles. The molecule has 1 aromatic carbocycles. The van der Waals surface area contributed by atoms with Gasteiger partial charge in [0.25, 0.3) is 5.91 Å². The first-order valence-electron chi connectivity index (χ1n) is 11.2. The highest BCUT2D eigenvalue weighted by atomic mass is 16.5. The van der Waals surface area contributed by atoms with E-state index in [0.717, 1.165) is 33.4 Å². The van der Waals surface area contributed by atoms with Crippen LogP contribution in [-0.2, 0) is 18.3 Å². The van der Waals surface area contributed by atoms with Gasteiger partial charge in [0.05, 0.1) is 12.5 Å². The molecule has 2 N–H and O–H groups in total. The summed E-state index contributed by atoms with van der Waals surface area (Å²) in [5.41, 5.74) is 5.84. The SMILES string of the molecule is COc1nn(C)c2nc(C)c(CCC(=O)Nc3ccc(C(=O)NCC(C)C)cc3C)c(C)c12. The predicted octanol–water partition coefficient (Wildman–Crippen LogP) is 3.86. The van der Waals surface area contributed by atoms with E-state index in [0.29, 0.717) is 42.4 Å². The van der Waals surface area contributed by atoms with Crippen molar-refractivity contribution in [2.45, 2.75) is 47.5 Å². The number of benzene rings is 1. The average molecular weight is 452 g/mol. The molecular weight excluding hydrogens is 418 g/mol. The molecule has 3 aromatic rings. The number of hydrogen-bond acceptors (Lipinski definition) is 5. The lowest BCUT2D eigenvalue weighted by Gasteiger charge is -2.13. The number of aryl methyl sites for hydroxylation is 4. The van der Waals surface area contributed by atoms with Gasteiger partial charge in [0.15, 0.2) is 5.65 Å². The number of rotatable bonds is 8. The van der Waals surface area contributed by atoms with Crippen molar-refractivity contribution in [2.24, 2.45) is 13.0 Å². The number of pyridine rings is 1. The van der Waals surface area contributed by atoms with Crippen molar-refractivity contribution in [1.29, 1.82) is 0 Å². The Morgan fingerprint density at radius 1 is 1.18 bits per heavy atom. The van der Waals surface area contributed by atoms with Gasteiger partial charge < -0.3 is 15.4 Å². The summed E-state index contributed by atoms with van der Waals surface area (Å²) in [6.07, 6.45) is 0.868. The summed E-state index contributed by atoms with van der Waals surface area (Å²) in [4.78, 5) is 29.7. The van der Waals surface area contributed by atoms with E-state index < -0.39 is 0 Å². The normalized spacial score (nSPS) is 11.2. The van der Waals surface area contributed by atoms with E-state index in [1.165, 1.54) is 0 Å². The molecule has 8 nitrogen and oxygen atoms in total. The number of anilines is 1. The number of nitrogens with one attached hydrogen (secondary N) is 2. The van der Waals surface area contributed by atoms with Crippen LogP contribution in [0.15, 0.2) is 18.2 Å². The van der Waals surface area contributed by atoms with Gasteiger partial charge >= 0.3 is 0 Å². The minimum atomic E-state index is -0.107. The number of carbonyl (C=O) groups excluding carboxylic acids is 2. The van der Waals surface area contributed by atoms with E-state index in [4.69, 9.17) is 4.74 Å². The van der Waals surface area contributed by atoms with Crippen molar-refractivity contribution in [3.63, 3.8) is 0 Å². The molecule has 8 heteroatoms. The number of aromatic nitrogens is 3. The number of fused-ring (bicyclic) bond motifs is 1. The summed E-state index contributed by atoms with van der Waals surface area (Å²) in [6.45, 7) is 10.6. The molecule has 0 aliphatic rings. The summed E-state index contributed by atoms with van der Waals surface area (Å²) >= 11 is 0. The Morgan fingerprint density at radius 3 is 2.55 bits per heavy atom. The molecule has 0 spiro atoms. The van der Waals surface area contributed by atoms with E-state index >= 15 is 0 Å². The summed E-state index contributed by atoms with van der Waals surface area (Å²) in [6, 6.07) is 5.31. The molecule has 0 saturated heterocycles. The maximum absolute atomic E-state index is 12.7. The first-order valence-corrected chi connectivity index (χ1v) is 11.2. The first-order chi connectivity index (χ1) is 15.6. The largest absolute Gasteiger partial charge is 0.479 e. The molecule has 2 amide bonds. The zero-order valence-electron chi connectivity index (χ0n) is 20.5. The van der Waals surface area contributed by atoms with Crippen molar-refractivity contribution in [2.75, 3.05) is 19.0 Å². The van der Waals surface area contributed by atoms with Gasteiger partial charge in [0, 0.05) is 37.0 Å². The molecule has 0 fully saturated rings. The summed E-state index contributed by atoms with van der Waals surface area (Å²) < 4.78 is 7.12. The van der Waals surface area contributed by atoms with Crippen LogP contribution in [0.4, 0.5) is 5.69 Å². The summed E-state index contributed by atoms with van der Waals surface area (Å²) in [7, 11) is 3.43. The molecule has 3 rings (SSSR count). The number of methoxy groups -OCH3 is 1. The molecule has 0 saturated carbocycles. The Labute approximate surface area is 194 Å². The lowest BCUT2D eigenvalue weighted by Crippen LogP contribution is -2.27. The molecule has 176 valence electrons. The number of carbonyl (C=O) groups is 2. The van der Waals surface area contributed by atoms with Crippen molar-refractivity contribution in [1.82, 2.24) is 20.1 Å². The highest BCUT2D eigenvalue weighted by Gasteiger charge is 2.19. The van der Waals surface area contributed by atoms with Crippen molar-refractivity contribution < 1.29 is 14.3 Å². The second kappa shape index (κ2) is 10.0. The topological polar surface area (TPSA) is 98.1 Å². The number of hydrogen-bond donors (Lipinski definition) is 2. The third kappa shape index (κ3) is 5.32. The second-order valence-electron chi connectivity index (χ2n) is 8.81. The molecule has 0 atom stereocenters. The fourth-order valence-electron chi connectivity index (χ4n) is 3.90. The van der Waals surface area contributed by atoms with E-state index in [1.807, 2.05) is 27.8 Å². The van der Waals surface area contributed by atoms with E-state index in [2.05, 4.69) is 34.6 Å². The fourth-order valence-corrected chi connectivity index (χ4v) is 3.90. The summed E-state index contributed by atoms with van der Waals surface area (Å²) in [5.74, 6) is 0.726. The van der Waals surface area contributed by atoms with Crippen LogP contribution in [-0.4, -0.2) is 40.2 Å². The quantitative estimate of drug-likeness (QED) is 0.542. The highest BCUT2D eigenvalue weighted by molar-refractivity contribution is 5.96. The fraction of sp³-hybridized carbons (Fsp3) is 0.440. The molecule has 0 bridgehead atoms. The van der Waals surface area contributed by atoms with Crippen LogP contribution < -0.4 is 15.4 Å². The zero-order chi connectivity index (χ0) is 24.3. The third-order valence-corrected chi connectivity index (χ3v) is 5.75. The third-order valence-electron chi connectivity index (χ3n) is 5.75. The molecule has 0 radical (unpaired) electrons. The standard InChI is InChI=1S/C25H33N5O3/c1-14(2)13-26-24(32)18-8-10-20(15(3)12-18)28-21(31)11-9-19-16(4)22-23(27-17(19)5)30(6)29-25(22)33-7/h8,10,12,14H,9,11,13H2,1-7H3,(H,26,32)(H,28,31). The van der Waals surface area contributed by atoms with Gasteiger partial charge in [-0.05, 0) is 68.0 Å². The minimum absolute atomic E-state index is 0.0906. The van der Waals surface area contributed by atoms with E-state index in [-0.39, 0.29) is 11.8 Å². The van der Waals surface area contributed by atoms with Crippen LogP contribution in [0.5, 0.6) is 5.88 Å². The smallest absolute Gasteiger partial charge is 0.251 e. The molecule has 2 heterocycles. The van der Waals surface area contributed by atoms with Crippen LogP contribution in [0.1, 0.15) is 53.0 Å². The lowest BCUT2D eigenvalue weighted by molar-refractivity contribution is -0.116. The van der Waals surface area contributed by atoms with E-state index in [9.17, 15) is 9.59 Å². The highest BCUT2D eigenvalue weighted by Crippen LogP contribution is 2.30. The second-order valence-corrected chi connectivity index (χ2v) is 8.81. The van der Waals surface area contributed by atoms with Crippen LogP contribution in [0.3, 0.4) is 0 Å². The van der Waals surface area contributed by atoms with E-state index in [1.54, 1.807) is 30.0 Å². The number of ether oxygens (including phenoxy) is 1. The lowest BCUT2D eigenvalue weighted by atomic mass is 10.00. The average Bonchev–Trinajstić information content (AvgIpc) is 3.08. The molecule has 0 aliphatic heterocycles. The predicted molar refractivity (Wildman–Crippen MR) is 130 cm³/mol. The van der Waals surface area contributed by atoms with Crippen molar-refractivity contribution in [3.8, 4) is 5.88 Å². The van der Waals surface area contributed by atoms with Gasteiger partial charge in [-0.1, -0.05) is 13.8 Å². The Hall–Kier alpha value is -3.42. The maximum atomic E-state index is 12.7. The van der Waals surface area contributed by atoms with Gasteiger partial charge in [0.2, 0.25) is 11.8 Å². The van der Waals surface area contributed by atoms with Crippen LogP contribution in [0.2, 0.25) is 0 Å². The number of amides is 2. The number of nitrogens with zero attached hydrogens (tertiary/aromatic N) is 3. The minimum Gasteiger partial charge on any atom is -0.479 e. The van der Waals surface area contributed by atoms with Crippen molar-refractivity contribution in [3.05, 3.63) is 46.1 Å². The van der Waals surface area contributed by atoms with Gasteiger partial charge in [-0.25, -0.2) is 9.67 Å². The maximum Gasteiger partial charge on any atom is 0.251 e. The molecule has 2 aromatic heterocycles. The summed E-state index contributed by atoms with van der Waals surface area (Å²) in [5, 5.41) is 11.1. The monoisotopic (exact) mass is 451 g/mol. The Bertz CT molecular complexity index is 1200. The van der Waals surface area contributed by atoms with Crippen LogP contribution in [0, 0.1) is 26.7 Å².